The van der Waals surface area contributed by atoms with Gasteiger partial charge >= 0.3 is 5.97 Å². The van der Waals surface area contributed by atoms with Gasteiger partial charge in [-0.3, -0.25) is 24.1 Å². The number of fused-ring (bicyclic) bond motifs is 2. The number of carbonyl (C=O) groups excluding carboxylic acids is 4. The highest BCUT2D eigenvalue weighted by Gasteiger charge is 2.37. The van der Waals surface area contributed by atoms with E-state index in [0.29, 0.717) is 5.69 Å². The smallest absolute Gasteiger partial charge is 0.326 e. The number of hydrogen-bond acceptors (Lipinski definition) is 5. The number of amides is 3. The zero-order valence-electron chi connectivity index (χ0n) is 16.1. The summed E-state index contributed by atoms with van der Waals surface area (Å²) in [6.07, 6.45) is -1.10. The summed E-state index contributed by atoms with van der Waals surface area (Å²) in [6, 6.07) is 19.4. The fourth-order valence-corrected chi connectivity index (χ4v) is 3.37. The van der Waals surface area contributed by atoms with E-state index in [9.17, 15) is 19.2 Å². The van der Waals surface area contributed by atoms with E-state index in [1.165, 1.54) is 19.1 Å². The lowest BCUT2D eigenvalue weighted by atomic mass is 10.1. The topological polar surface area (TPSA) is 92.8 Å². The first-order valence-electron chi connectivity index (χ1n) is 9.39. The quantitative estimate of drug-likeness (QED) is 0.523. The lowest BCUT2D eigenvalue weighted by Gasteiger charge is -2.17. The van der Waals surface area contributed by atoms with Crippen molar-refractivity contribution in [3.8, 4) is 0 Å². The molecule has 0 saturated carbocycles. The zero-order valence-corrected chi connectivity index (χ0v) is 16.1. The van der Waals surface area contributed by atoms with Crippen LogP contribution in [0.2, 0.25) is 0 Å². The number of rotatable bonds is 5. The number of imide groups is 1. The van der Waals surface area contributed by atoms with Crippen LogP contribution in [0.3, 0.4) is 0 Å². The SMILES string of the molecule is CC(OC(=O)CN1C(=O)c2ccccc2C1=O)C(=O)Nc1cccc2ccccc12. The molecule has 7 heteroatoms. The van der Waals surface area contributed by atoms with Gasteiger partial charge in [0, 0.05) is 11.1 Å². The van der Waals surface area contributed by atoms with Gasteiger partial charge in [0.05, 0.1) is 11.1 Å². The fraction of sp³-hybridized carbons (Fsp3) is 0.130. The Balaban J connectivity index is 1.40. The minimum absolute atomic E-state index is 0.247. The monoisotopic (exact) mass is 402 g/mol. The summed E-state index contributed by atoms with van der Waals surface area (Å²) in [7, 11) is 0. The zero-order chi connectivity index (χ0) is 21.3. The largest absolute Gasteiger partial charge is 0.451 e. The number of nitrogens with zero attached hydrogens (tertiary/aromatic N) is 1. The van der Waals surface area contributed by atoms with Crippen molar-refractivity contribution in [3.63, 3.8) is 0 Å². The lowest BCUT2D eigenvalue weighted by molar-refractivity contribution is -0.153. The number of benzene rings is 3. The lowest BCUT2D eigenvalue weighted by Crippen LogP contribution is -2.38. The van der Waals surface area contributed by atoms with Gasteiger partial charge in [0.25, 0.3) is 17.7 Å². The molecule has 0 saturated heterocycles. The van der Waals surface area contributed by atoms with E-state index in [0.717, 1.165) is 15.7 Å². The Kier molecular flexibility index (Phi) is 5.02. The van der Waals surface area contributed by atoms with Crippen LogP contribution in [0.4, 0.5) is 5.69 Å². The first kappa shape index (κ1) is 19.3. The summed E-state index contributed by atoms with van der Waals surface area (Å²) < 4.78 is 5.16. The molecule has 1 heterocycles. The van der Waals surface area contributed by atoms with Crippen molar-refractivity contribution < 1.29 is 23.9 Å². The molecule has 0 fully saturated rings. The van der Waals surface area contributed by atoms with E-state index in [1.54, 1.807) is 18.2 Å². The van der Waals surface area contributed by atoms with Gasteiger partial charge in [-0.25, -0.2) is 0 Å². The van der Waals surface area contributed by atoms with E-state index in [-0.39, 0.29) is 11.1 Å². The molecule has 0 radical (unpaired) electrons. The molecule has 0 aromatic heterocycles. The van der Waals surface area contributed by atoms with Gasteiger partial charge in [0.15, 0.2) is 6.10 Å². The molecule has 1 atom stereocenters. The van der Waals surface area contributed by atoms with Crippen molar-refractivity contribution in [2.24, 2.45) is 0 Å². The van der Waals surface area contributed by atoms with Crippen LogP contribution in [0.25, 0.3) is 10.8 Å². The molecule has 150 valence electrons. The molecule has 3 amide bonds. The van der Waals surface area contributed by atoms with Crippen LogP contribution in [-0.4, -0.2) is 41.2 Å². The maximum absolute atomic E-state index is 12.5. The third kappa shape index (κ3) is 3.53. The summed E-state index contributed by atoms with van der Waals surface area (Å²) in [6.45, 7) is 0.874. The Hall–Kier alpha value is -4.00. The maximum atomic E-state index is 12.5. The highest BCUT2D eigenvalue weighted by atomic mass is 16.5. The molecule has 1 aliphatic rings. The first-order chi connectivity index (χ1) is 14.5. The molecule has 4 rings (SSSR count). The number of carbonyl (C=O) groups is 4. The van der Waals surface area contributed by atoms with Gasteiger partial charge in [0.1, 0.15) is 6.54 Å². The van der Waals surface area contributed by atoms with E-state index < -0.39 is 36.3 Å². The Morgan fingerprint density at radius 1 is 0.900 bits per heavy atom. The predicted molar refractivity (Wildman–Crippen MR) is 110 cm³/mol. The minimum Gasteiger partial charge on any atom is -0.451 e. The molecule has 1 aliphatic heterocycles. The van der Waals surface area contributed by atoms with Gasteiger partial charge in [-0.15, -0.1) is 0 Å². The van der Waals surface area contributed by atoms with Crippen LogP contribution in [-0.2, 0) is 14.3 Å². The molecule has 0 bridgehead atoms. The highest BCUT2D eigenvalue weighted by molar-refractivity contribution is 6.22. The van der Waals surface area contributed by atoms with Gasteiger partial charge in [-0.05, 0) is 30.5 Å². The predicted octanol–water partition coefficient (Wildman–Crippen LogP) is 3.01. The van der Waals surface area contributed by atoms with Crippen LogP contribution in [0.5, 0.6) is 0 Å². The van der Waals surface area contributed by atoms with E-state index in [2.05, 4.69) is 5.32 Å². The first-order valence-corrected chi connectivity index (χ1v) is 9.39. The van der Waals surface area contributed by atoms with Gasteiger partial charge in [-0.2, -0.15) is 0 Å². The molecule has 3 aromatic carbocycles. The number of anilines is 1. The normalized spacial score (nSPS) is 13.8. The minimum atomic E-state index is -1.10. The maximum Gasteiger partial charge on any atom is 0.326 e. The average Bonchev–Trinajstić information content (AvgIpc) is 2.99. The molecular formula is C23H18N2O5. The molecular weight excluding hydrogens is 384 g/mol. The van der Waals surface area contributed by atoms with Crippen molar-refractivity contribution >= 4 is 40.2 Å². The van der Waals surface area contributed by atoms with Gasteiger partial charge in [-0.1, -0.05) is 48.5 Å². The van der Waals surface area contributed by atoms with Crippen LogP contribution >= 0.6 is 0 Å². The summed E-state index contributed by atoms with van der Waals surface area (Å²) >= 11 is 0. The second-order valence-corrected chi connectivity index (χ2v) is 6.89. The Morgan fingerprint density at radius 3 is 2.20 bits per heavy atom. The Bertz CT molecular complexity index is 1150. The number of nitrogens with one attached hydrogen (secondary N) is 1. The summed E-state index contributed by atoms with van der Waals surface area (Å²) in [5.74, 6) is -2.46. The third-order valence-corrected chi connectivity index (χ3v) is 4.89. The Morgan fingerprint density at radius 2 is 1.50 bits per heavy atom. The van der Waals surface area contributed by atoms with E-state index in [1.807, 2.05) is 36.4 Å². The molecule has 0 spiro atoms. The molecule has 7 nitrogen and oxygen atoms in total. The van der Waals surface area contributed by atoms with Gasteiger partial charge in [0.2, 0.25) is 0 Å². The molecule has 30 heavy (non-hydrogen) atoms. The number of ether oxygens (including phenoxy) is 1. The standard InChI is InChI=1S/C23H18N2O5/c1-14(21(27)24-19-12-6-8-15-7-2-3-9-16(15)19)30-20(26)13-25-22(28)17-10-4-5-11-18(17)23(25)29/h2-12,14H,13H2,1H3,(H,24,27). The van der Waals surface area contributed by atoms with Gasteiger partial charge < -0.3 is 10.1 Å². The van der Waals surface area contributed by atoms with E-state index >= 15 is 0 Å². The Labute approximate surface area is 172 Å². The third-order valence-electron chi connectivity index (χ3n) is 4.89. The average molecular weight is 402 g/mol. The highest BCUT2D eigenvalue weighted by Crippen LogP contribution is 2.24. The molecule has 1 N–H and O–H groups in total. The molecule has 1 unspecified atom stereocenters. The van der Waals surface area contributed by atoms with Crippen molar-refractivity contribution in [1.29, 1.82) is 0 Å². The summed E-state index contributed by atoms with van der Waals surface area (Å²) in [5.41, 5.74) is 1.09. The number of esters is 1. The van der Waals surface area contributed by atoms with Crippen LogP contribution < -0.4 is 5.32 Å². The van der Waals surface area contributed by atoms with Crippen molar-refractivity contribution in [3.05, 3.63) is 77.9 Å². The molecule has 3 aromatic rings. The summed E-state index contributed by atoms with van der Waals surface area (Å²) in [5, 5.41) is 4.57. The second-order valence-electron chi connectivity index (χ2n) is 6.89. The fourth-order valence-electron chi connectivity index (χ4n) is 3.37. The van der Waals surface area contributed by atoms with E-state index in [4.69, 9.17) is 4.74 Å². The number of hydrogen-bond donors (Lipinski definition) is 1. The van der Waals surface area contributed by atoms with Crippen molar-refractivity contribution in [1.82, 2.24) is 4.90 Å². The van der Waals surface area contributed by atoms with Crippen molar-refractivity contribution in [2.45, 2.75) is 13.0 Å². The second kappa shape index (κ2) is 7.79. The van der Waals surface area contributed by atoms with Crippen LogP contribution in [0, 0.1) is 0 Å². The van der Waals surface area contributed by atoms with Crippen LogP contribution in [0.1, 0.15) is 27.6 Å². The molecule has 0 aliphatic carbocycles. The van der Waals surface area contributed by atoms with Crippen LogP contribution in [0.15, 0.2) is 66.7 Å². The van der Waals surface area contributed by atoms with Crippen molar-refractivity contribution in [2.75, 3.05) is 11.9 Å². The summed E-state index contributed by atoms with van der Waals surface area (Å²) in [4.78, 5) is 50.3.